The lowest BCUT2D eigenvalue weighted by Crippen LogP contribution is -2.30. The van der Waals surface area contributed by atoms with Gasteiger partial charge in [-0.25, -0.2) is 8.42 Å². The van der Waals surface area contributed by atoms with Gasteiger partial charge in [-0.15, -0.1) is 0 Å². The van der Waals surface area contributed by atoms with Crippen LogP contribution in [0, 0.1) is 0 Å². The predicted molar refractivity (Wildman–Crippen MR) is 164 cm³/mol. The van der Waals surface area contributed by atoms with E-state index in [0.717, 1.165) is 46.2 Å². The first-order chi connectivity index (χ1) is 20.3. The number of sulfonamides is 1. The molecule has 4 aromatic carbocycles. The van der Waals surface area contributed by atoms with Gasteiger partial charge >= 0.3 is 0 Å². The standard InChI is InChI=1S/C34H33NO6S/c1-39-27-14-8-23(9-15-27)20-35(42(2,37)38)32-19-33-30(18-29(32)25-10-11-25)31(21-36)34(41-33)26-12-16-28(17-13-26)40-22-24-6-4-3-5-7-24/h3-9,12-19,25,36H,10-11,20-22H2,1-2H3. The Bertz CT molecular complexity index is 1790. The molecule has 0 spiro atoms. The van der Waals surface area contributed by atoms with Crippen LogP contribution in [-0.2, 0) is 29.8 Å². The van der Waals surface area contributed by atoms with Crippen LogP contribution in [0.25, 0.3) is 22.3 Å². The molecule has 0 atom stereocenters. The maximum atomic E-state index is 13.1. The molecule has 1 saturated carbocycles. The summed E-state index contributed by atoms with van der Waals surface area (Å²) in [6.07, 6.45) is 3.20. The van der Waals surface area contributed by atoms with E-state index in [9.17, 15) is 13.5 Å². The fraction of sp³-hybridized carbons (Fsp3) is 0.235. The van der Waals surface area contributed by atoms with Gasteiger partial charge in [-0.05, 0) is 77.9 Å². The van der Waals surface area contributed by atoms with Gasteiger partial charge in [0.25, 0.3) is 0 Å². The van der Waals surface area contributed by atoms with Gasteiger partial charge in [0.1, 0.15) is 29.4 Å². The molecule has 216 valence electrons. The van der Waals surface area contributed by atoms with E-state index in [4.69, 9.17) is 13.9 Å². The fourth-order valence-electron chi connectivity index (χ4n) is 5.25. The maximum absolute atomic E-state index is 13.1. The van der Waals surface area contributed by atoms with E-state index in [0.29, 0.717) is 35.0 Å². The van der Waals surface area contributed by atoms with Gasteiger partial charge in [-0.1, -0.05) is 42.5 Å². The Morgan fingerprint density at radius 3 is 2.21 bits per heavy atom. The van der Waals surface area contributed by atoms with Crippen LogP contribution in [0.5, 0.6) is 11.5 Å². The number of aliphatic hydroxyl groups is 1. The quantitative estimate of drug-likeness (QED) is 0.180. The van der Waals surface area contributed by atoms with Crippen LogP contribution in [0.1, 0.15) is 41.0 Å². The number of anilines is 1. The van der Waals surface area contributed by atoms with E-state index in [2.05, 4.69) is 0 Å². The molecule has 42 heavy (non-hydrogen) atoms. The molecule has 1 heterocycles. The summed E-state index contributed by atoms with van der Waals surface area (Å²) in [6, 6.07) is 28.8. The number of benzene rings is 4. The Kier molecular flexibility index (Phi) is 7.66. The summed E-state index contributed by atoms with van der Waals surface area (Å²) in [6.45, 7) is 0.436. The average Bonchev–Trinajstić information content (AvgIpc) is 3.79. The summed E-state index contributed by atoms with van der Waals surface area (Å²) in [5.41, 5.74) is 5.49. The van der Waals surface area contributed by atoms with Crippen LogP contribution < -0.4 is 13.8 Å². The predicted octanol–water partition coefficient (Wildman–Crippen LogP) is 7.02. The molecule has 5 aromatic rings. The molecular formula is C34H33NO6S. The Morgan fingerprint density at radius 1 is 0.905 bits per heavy atom. The van der Waals surface area contributed by atoms with Crippen molar-refractivity contribution < 1.29 is 27.4 Å². The normalized spacial score (nSPS) is 13.3. The lowest BCUT2D eigenvalue weighted by molar-refractivity contribution is 0.282. The minimum Gasteiger partial charge on any atom is -0.497 e. The fourth-order valence-corrected chi connectivity index (χ4v) is 6.15. The second-order valence-corrected chi connectivity index (χ2v) is 12.6. The van der Waals surface area contributed by atoms with Crippen LogP contribution in [0.2, 0.25) is 0 Å². The number of hydrogen-bond acceptors (Lipinski definition) is 6. The Hall–Kier alpha value is -4.27. The van der Waals surface area contributed by atoms with E-state index in [-0.39, 0.29) is 19.1 Å². The number of ether oxygens (including phenoxy) is 2. The molecule has 0 saturated heterocycles. The molecular weight excluding hydrogens is 550 g/mol. The number of furan rings is 1. The summed E-state index contributed by atoms with van der Waals surface area (Å²) in [5.74, 6) is 2.25. The molecule has 0 amide bonds. The summed E-state index contributed by atoms with van der Waals surface area (Å²) in [5, 5.41) is 11.2. The molecule has 0 bridgehead atoms. The molecule has 1 aliphatic rings. The molecule has 0 radical (unpaired) electrons. The smallest absolute Gasteiger partial charge is 0.232 e. The van der Waals surface area contributed by atoms with Crippen LogP contribution in [0.15, 0.2) is 95.4 Å². The highest BCUT2D eigenvalue weighted by Gasteiger charge is 2.32. The zero-order valence-electron chi connectivity index (χ0n) is 23.6. The summed E-state index contributed by atoms with van der Waals surface area (Å²) in [7, 11) is -2.02. The average molecular weight is 584 g/mol. The second-order valence-electron chi connectivity index (χ2n) is 10.7. The van der Waals surface area contributed by atoms with E-state index in [1.165, 1.54) is 10.6 Å². The lowest BCUT2D eigenvalue weighted by atomic mass is 10.0. The van der Waals surface area contributed by atoms with Gasteiger partial charge in [0.05, 0.1) is 32.2 Å². The SMILES string of the molecule is COc1ccc(CN(c2cc3oc(-c4ccc(OCc5ccccc5)cc4)c(CO)c3cc2C2CC2)S(C)(=O)=O)cc1. The molecule has 1 aromatic heterocycles. The van der Waals surface area contributed by atoms with Crippen LogP contribution in [0.4, 0.5) is 5.69 Å². The largest absolute Gasteiger partial charge is 0.497 e. The Morgan fingerprint density at radius 2 is 1.60 bits per heavy atom. The van der Waals surface area contributed by atoms with Crippen molar-refractivity contribution >= 4 is 26.7 Å². The van der Waals surface area contributed by atoms with Gasteiger partial charge in [0, 0.05) is 22.6 Å². The van der Waals surface area contributed by atoms with Crippen molar-refractivity contribution in [2.24, 2.45) is 0 Å². The highest BCUT2D eigenvalue weighted by molar-refractivity contribution is 7.92. The molecule has 0 aliphatic heterocycles. The zero-order chi connectivity index (χ0) is 29.3. The molecule has 1 aliphatic carbocycles. The summed E-state index contributed by atoms with van der Waals surface area (Å²) in [4.78, 5) is 0. The van der Waals surface area contributed by atoms with Gasteiger partial charge in [-0.3, -0.25) is 4.31 Å². The van der Waals surface area contributed by atoms with Crippen LogP contribution >= 0.6 is 0 Å². The molecule has 1 fully saturated rings. The second kappa shape index (κ2) is 11.5. The van der Waals surface area contributed by atoms with Gasteiger partial charge in [0.2, 0.25) is 10.0 Å². The first-order valence-corrected chi connectivity index (χ1v) is 15.8. The minimum absolute atomic E-state index is 0.179. The van der Waals surface area contributed by atoms with Gasteiger partial charge in [0.15, 0.2) is 0 Å². The number of fused-ring (bicyclic) bond motifs is 1. The Labute approximate surface area is 246 Å². The number of hydrogen-bond donors (Lipinski definition) is 1. The first kappa shape index (κ1) is 27.9. The summed E-state index contributed by atoms with van der Waals surface area (Å²) < 4.78 is 45.3. The van der Waals surface area contributed by atoms with E-state index < -0.39 is 10.0 Å². The highest BCUT2D eigenvalue weighted by Crippen LogP contribution is 2.48. The molecule has 0 unspecified atom stereocenters. The molecule has 8 heteroatoms. The number of aliphatic hydroxyl groups excluding tert-OH is 1. The van der Waals surface area contributed by atoms with Gasteiger partial charge in [-0.2, -0.15) is 0 Å². The Balaban J connectivity index is 1.36. The highest BCUT2D eigenvalue weighted by atomic mass is 32.2. The van der Waals surface area contributed by atoms with Crippen molar-refractivity contribution in [3.63, 3.8) is 0 Å². The van der Waals surface area contributed by atoms with Crippen molar-refractivity contribution in [2.75, 3.05) is 17.7 Å². The van der Waals surface area contributed by atoms with E-state index in [1.54, 1.807) is 7.11 Å². The third-order valence-corrected chi connectivity index (χ3v) is 8.76. The number of methoxy groups -OCH3 is 1. The number of rotatable bonds is 11. The molecule has 6 rings (SSSR count). The van der Waals surface area contributed by atoms with Crippen LogP contribution in [0.3, 0.4) is 0 Å². The van der Waals surface area contributed by atoms with Crippen molar-refractivity contribution in [2.45, 2.75) is 38.5 Å². The first-order valence-electron chi connectivity index (χ1n) is 13.9. The molecule has 7 nitrogen and oxygen atoms in total. The van der Waals surface area contributed by atoms with Crippen LogP contribution in [-0.4, -0.2) is 26.9 Å². The number of nitrogens with zero attached hydrogens (tertiary/aromatic N) is 1. The third-order valence-electron chi connectivity index (χ3n) is 7.63. The summed E-state index contributed by atoms with van der Waals surface area (Å²) >= 11 is 0. The zero-order valence-corrected chi connectivity index (χ0v) is 24.4. The third kappa shape index (κ3) is 5.86. The van der Waals surface area contributed by atoms with Crippen molar-refractivity contribution in [3.05, 3.63) is 113 Å². The van der Waals surface area contributed by atoms with E-state index in [1.807, 2.05) is 91.0 Å². The minimum atomic E-state index is -3.62. The topological polar surface area (TPSA) is 89.2 Å². The molecule has 1 N–H and O–H groups in total. The van der Waals surface area contributed by atoms with E-state index >= 15 is 0 Å². The maximum Gasteiger partial charge on any atom is 0.232 e. The lowest BCUT2D eigenvalue weighted by Gasteiger charge is -2.25. The van der Waals surface area contributed by atoms with Crippen molar-refractivity contribution in [3.8, 4) is 22.8 Å². The van der Waals surface area contributed by atoms with Crippen molar-refractivity contribution in [1.29, 1.82) is 0 Å². The monoisotopic (exact) mass is 583 g/mol. The van der Waals surface area contributed by atoms with Crippen molar-refractivity contribution in [1.82, 2.24) is 0 Å². The van der Waals surface area contributed by atoms with Gasteiger partial charge < -0.3 is 19.0 Å².